The first-order valence-corrected chi connectivity index (χ1v) is 9.02. The second kappa shape index (κ2) is 6.52. The Kier molecular flexibility index (Phi) is 4.18. The standard InChI is InChI=1S/C20H23N3O3/c1-11-3-4-16-13(7-11)8-18(22-16)20(25)23-17-9-14(17)10-21-19(24)15-5-6-26-12(15)2/h3-4,7-8,14,17,22H,5-6,9-10H2,1-2H3,(H,21,24)(H,23,25)/t14-,17-/m0/s1. The molecule has 1 aliphatic carbocycles. The number of nitrogens with one attached hydrogen (secondary N) is 3. The molecule has 1 fully saturated rings. The number of aryl methyl sites for hydroxylation is 1. The minimum Gasteiger partial charge on any atom is -0.497 e. The van der Waals surface area contributed by atoms with Gasteiger partial charge in [0, 0.05) is 29.9 Å². The smallest absolute Gasteiger partial charge is 0.267 e. The van der Waals surface area contributed by atoms with Crippen LogP contribution in [0.3, 0.4) is 0 Å². The van der Waals surface area contributed by atoms with Crippen LogP contribution >= 0.6 is 0 Å². The number of fused-ring (bicyclic) bond motifs is 1. The van der Waals surface area contributed by atoms with Crippen LogP contribution in [0.2, 0.25) is 0 Å². The molecule has 1 aromatic heterocycles. The number of carbonyl (C=O) groups excluding carboxylic acids is 2. The monoisotopic (exact) mass is 353 g/mol. The maximum absolute atomic E-state index is 12.4. The molecule has 0 saturated heterocycles. The molecule has 2 atom stereocenters. The summed E-state index contributed by atoms with van der Waals surface area (Å²) in [7, 11) is 0. The van der Waals surface area contributed by atoms with E-state index in [1.807, 2.05) is 32.0 Å². The van der Waals surface area contributed by atoms with E-state index in [0.717, 1.165) is 28.7 Å². The predicted octanol–water partition coefficient (Wildman–Crippen LogP) is 2.41. The minimum absolute atomic E-state index is 0.0528. The average molecular weight is 353 g/mol. The summed E-state index contributed by atoms with van der Waals surface area (Å²) in [6.07, 6.45) is 1.56. The quantitative estimate of drug-likeness (QED) is 0.772. The Morgan fingerprint density at radius 2 is 2.08 bits per heavy atom. The van der Waals surface area contributed by atoms with E-state index in [2.05, 4.69) is 21.7 Å². The maximum atomic E-state index is 12.4. The Morgan fingerprint density at radius 1 is 1.23 bits per heavy atom. The zero-order chi connectivity index (χ0) is 18.3. The SMILES string of the molecule is CC1=C(C(=O)NC[C@@H]2C[C@@H]2NC(=O)c2cc3cc(C)ccc3[nH]2)CCO1. The summed E-state index contributed by atoms with van der Waals surface area (Å²) in [5.74, 6) is 0.860. The van der Waals surface area contributed by atoms with Gasteiger partial charge >= 0.3 is 0 Å². The first-order chi connectivity index (χ1) is 12.5. The molecule has 136 valence electrons. The molecule has 0 bridgehead atoms. The molecule has 2 aromatic rings. The number of carbonyl (C=O) groups is 2. The molecular weight excluding hydrogens is 330 g/mol. The van der Waals surface area contributed by atoms with Crippen molar-refractivity contribution in [2.24, 2.45) is 5.92 Å². The molecule has 1 aliphatic heterocycles. The maximum Gasteiger partial charge on any atom is 0.267 e. The molecular formula is C20H23N3O3. The number of hydrogen-bond acceptors (Lipinski definition) is 3. The van der Waals surface area contributed by atoms with Crippen molar-refractivity contribution in [2.45, 2.75) is 32.7 Å². The molecule has 26 heavy (non-hydrogen) atoms. The van der Waals surface area contributed by atoms with Crippen LogP contribution in [-0.2, 0) is 9.53 Å². The number of H-pyrrole nitrogens is 1. The number of amides is 2. The zero-order valence-corrected chi connectivity index (χ0v) is 15.0. The topological polar surface area (TPSA) is 83.2 Å². The van der Waals surface area contributed by atoms with Gasteiger partial charge in [0.1, 0.15) is 11.5 Å². The van der Waals surface area contributed by atoms with Gasteiger partial charge in [0.05, 0.1) is 12.2 Å². The van der Waals surface area contributed by atoms with Crippen molar-refractivity contribution in [1.29, 1.82) is 0 Å². The third kappa shape index (κ3) is 3.31. The first kappa shape index (κ1) is 16.7. The van der Waals surface area contributed by atoms with Gasteiger partial charge in [-0.1, -0.05) is 11.6 Å². The Hall–Kier alpha value is -2.76. The van der Waals surface area contributed by atoms with Crippen molar-refractivity contribution in [1.82, 2.24) is 15.6 Å². The normalized spacial score (nSPS) is 21.6. The van der Waals surface area contributed by atoms with Crippen LogP contribution in [0.15, 0.2) is 35.6 Å². The van der Waals surface area contributed by atoms with E-state index in [-0.39, 0.29) is 23.8 Å². The van der Waals surface area contributed by atoms with Crippen LogP contribution in [0.5, 0.6) is 0 Å². The van der Waals surface area contributed by atoms with Gasteiger partial charge in [0.2, 0.25) is 0 Å². The molecule has 6 heteroatoms. The van der Waals surface area contributed by atoms with Gasteiger partial charge in [-0.3, -0.25) is 9.59 Å². The van der Waals surface area contributed by atoms with Gasteiger partial charge in [0.15, 0.2) is 0 Å². The van der Waals surface area contributed by atoms with Gasteiger partial charge < -0.3 is 20.4 Å². The van der Waals surface area contributed by atoms with E-state index in [4.69, 9.17) is 4.74 Å². The summed E-state index contributed by atoms with van der Waals surface area (Å²) in [6, 6.07) is 8.06. The van der Waals surface area contributed by atoms with Crippen molar-refractivity contribution in [3.05, 3.63) is 46.9 Å². The zero-order valence-electron chi connectivity index (χ0n) is 15.0. The summed E-state index contributed by atoms with van der Waals surface area (Å²) in [6.45, 7) is 5.02. The van der Waals surface area contributed by atoms with E-state index >= 15 is 0 Å². The van der Waals surface area contributed by atoms with Crippen molar-refractivity contribution < 1.29 is 14.3 Å². The summed E-state index contributed by atoms with van der Waals surface area (Å²) in [5, 5.41) is 7.03. The van der Waals surface area contributed by atoms with Crippen LogP contribution in [0.4, 0.5) is 0 Å². The summed E-state index contributed by atoms with van der Waals surface area (Å²) in [5.41, 5.74) is 3.44. The highest BCUT2D eigenvalue weighted by atomic mass is 16.5. The fourth-order valence-corrected chi connectivity index (χ4v) is 3.44. The molecule has 0 spiro atoms. The van der Waals surface area contributed by atoms with Crippen molar-refractivity contribution >= 4 is 22.7 Å². The van der Waals surface area contributed by atoms with Crippen molar-refractivity contribution in [3.63, 3.8) is 0 Å². The van der Waals surface area contributed by atoms with E-state index < -0.39 is 0 Å². The number of allylic oxidation sites excluding steroid dienone is 1. The van der Waals surface area contributed by atoms with Gasteiger partial charge in [-0.05, 0) is 44.4 Å². The van der Waals surface area contributed by atoms with E-state index in [0.29, 0.717) is 25.3 Å². The highest BCUT2D eigenvalue weighted by Gasteiger charge is 2.39. The van der Waals surface area contributed by atoms with Crippen LogP contribution in [-0.4, -0.2) is 36.0 Å². The fraction of sp³-hybridized carbons (Fsp3) is 0.400. The van der Waals surface area contributed by atoms with Gasteiger partial charge in [-0.15, -0.1) is 0 Å². The van der Waals surface area contributed by atoms with Gasteiger partial charge in [-0.2, -0.15) is 0 Å². The van der Waals surface area contributed by atoms with Crippen molar-refractivity contribution in [3.8, 4) is 0 Å². The van der Waals surface area contributed by atoms with E-state index in [1.54, 1.807) is 0 Å². The molecule has 2 aliphatic rings. The molecule has 6 nitrogen and oxygen atoms in total. The third-order valence-electron chi connectivity index (χ3n) is 5.15. The predicted molar refractivity (Wildman–Crippen MR) is 98.7 cm³/mol. The third-order valence-corrected chi connectivity index (χ3v) is 5.15. The number of ether oxygens (including phenoxy) is 1. The first-order valence-electron chi connectivity index (χ1n) is 9.02. The summed E-state index contributed by atoms with van der Waals surface area (Å²) >= 11 is 0. The lowest BCUT2D eigenvalue weighted by Crippen LogP contribution is -2.32. The Balaban J connectivity index is 1.29. The largest absolute Gasteiger partial charge is 0.497 e. The Bertz CT molecular complexity index is 912. The van der Waals surface area contributed by atoms with Crippen molar-refractivity contribution in [2.75, 3.05) is 13.2 Å². The lowest BCUT2D eigenvalue weighted by molar-refractivity contribution is -0.117. The summed E-state index contributed by atoms with van der Waals surface area (Å²) < 4.78 is 5.32. The lowest BCUT2D eigenvalue weighted by atomic mass is 10.2. The van der Waals surface area contributed by atoms with Crippen LogP contribution in [0, 0.1) is 12.8 Å². The molecule has 1 saturated carbocycles. The molecule has 2 amide bonds. The van der Waals surface area contributed by atoms with E-state index in [9.17, 15) is 9.59 Å². The molecule has 3 N–H and O–H groups in total. The molecule has 4 rings (SSSR count). The van der Waals surface area contributed by atoms with Crippen LogP contribution in [0.25, 0.3) is 10.9 Å². The molecule has 1 aromatic carbocycles. The average Bonchev–Trinajstić information content (AvgIpc) is 3.00. The number of rotatable bonds is 5. The fourth-order valence-electron chi connectivity index (χ4n) is 3.44. The number of hydrogen-bond donors (Lipinski definition) is 3. The highest BCUT2D eigenvalue weighted by molar-refractivity contribution is 5.98. The lowest BCUT2D eigenvalue weighted by Gasteiger charge is -2.06. The van der Waals surface area contributed by atoms with E-state index in [1.165, 1.54) is 5.56 Å². The number of aromatic amines is 1. The number of benzene rings is 1. The Labute approximate surface area is 152 Å². The highest BCUT2D eigenvalue weighted by Crippen LogP contribution is 2.30. The summed E-state index contributed by atoms with van der Waals surface area (Å²) in [4.78, 5) is 27.7. The number of aromatic nitrogens is 1. The molecule has 0 radical (unpaired) electrons. The van der Waals surface area contributed by atoms with Crippen LogP contribution < -0.4 is 10.6 Å². The van der Waals surface area contributed by atoms with Crippen LogP contribution in [0.1, 0.15) is 35.8 Å². The second-order valence-electron chi connectivity index (χ2n) is 7.19. The Morgan fingerprint density at radius 3 is 2.85 bits per heavy atom. The second-order valence-corrected chi connectivity index (χ2v) is 7.19. The van der Waals surface area contributed by atoms with Gasteiger partial charge in [0.25, 0.3) is 11.8 Å². The molecule has 0 unspecified atom stereocenters. The van der Waals surface area contributed by atoms with Gasteiger partial charge in [-0.25, -0.2) is 0 Å². The molecule has 2 heterocycles. The minimum atomic E-state index is -0.0968.